The molecule has 5 nitrogen and oxygen atoms in total. The van der Waals surface area contributed by atoms with Crippen LogP contribution in [0.4, 0.5) is 17.2 Å². The van der Waals surface area contributed by atoms with E-state index in [0.29, 0.717) is 28.6 Å². The minimum Gasteiger partial charge on any atom is -0.396 e. The second-order valence-electron chi connectivity index (χ2n) is 4.11. The van der Waals surface area contributed by atoms with Gasteiger partial charge in [-0.15, -0.1) is 0 Å². The number of nitrogens with two attached hydrogens (primary N) is 1. The molecule has 1 aromatic carbocycles. The Balaban J connectivity index is 2.42. The van der Waals surface area contributed by atoms with Gasteiger partial charge in [0, 0.05) is 12.7 Å². The monoisotopic (exact) mass is 263 g/mol. The van der Waals surface area contributed by atoms with Gasteiger partial charge in [0.2, 0.25) is 0 Å². The first-order valence-corrected chi connectivity index (χ1v) is 7.10. The van der Waals surface area contributed by atoms with E-state index in [1.54, 1.807) is 24.3 Å². The van der Waals surface area contributed by atoms with Gasteiger partial charge < -0.3 is 10.6 Å². The highest BCUT2D eigenvalue weighted by Gasteiger charge is 2.33. The highest BCUT2D eigenvalue weighted by atomic mass is 32.2. The maximum Gasteiger partial charge on any atom is 0.271 e. The fourth-order valence-electron chi connectivity index (χ4n) is 2.33. The summed E-state index contributed by atoms with van der Waals surface area (Å²) in [6, 6.07) is 8.58. The second-order valence-corrected chi connectivity index (χ2v) is 5.89. The molecule has 2 aromatic rings. The minimum absolute atomic E-state index is 0.315. The van der Waals surface area contributed by atoms with Crippen LogP contribution in [0.5, 0.6) is 0 Å². The standard InChI is InChI=1S/C12H13N3O2S/c1-2-14-10-5-3-4-6-11(10)18(16,17)15-8-7-9(13)12(14)15/h3-8H,2,13H2,1H3. The normalized spacial score (nSPS) is 16.2. The van der Waals surface area contributed by atoms with Crippen molar-refractivity contribution < 1.29 is 8.42 Å². The predicted molar refractivity (Wildman–Crippen MR) is 70.6 cm³/mol. The third-order valence-electron chi connectivity index (χ3n) is 3.12. The van der Waals surface area contributed by atoms with Crippen LogP contribution in [0.25, 0.3) is 0 Å². The van der Waals surface area contributed by atoms with Gasteiger partial charge in [-0.05, 0) is 25.1 Å². The topological polar surface area (TPSA) is 68.3 Å². The van der Waals surface area contributed by atoms with Crippen molar-refractivity contribution in [3.8, 4) is 0 Å². The van der Waals surface area contributed by atoms with Crippen LogP contribution in [0, 0.1) is 0 Å². The summed E-state index contributed by atoms with van der Waals surface area (Å²) in [6.07, 6.45) is 1.50. The number of rotatable bonds is 1. The lowest BCUT2D eigenvalue weighted by molar-refractivity contribution is 0.585. The summed E-state index contributed by atoms with van der Waals surface area (Å²) in [6.45, 7) is 2.62. The Labute approximate surface area is 105 Å². The SMILES string of the molecule is CCN1c2ccccc2S(=O)(=O)n2ccc(N)c21. The van der Waals surface area contributed by atoms with Gasteiger partial charge in [0.25, 0.3) is 10.0 Å². The highest BCUT2D eigenvalue weighted by Crippen LogP contribution is 2.41. The Hall–Kier alpha value is -1.95. The maximum atomic E-state index is 12.5. The third-order valence-corrected chi connectivity index (χ3v) is 4.83. The smallest absolute Gasteiger partial charge is 0.271 e. The number of hydrogen-bond acceptors (Lipinski definition) is 4. The van der Waals surface area contributed by atoms with E-state index in [1.807, 2.05) is 17.9 Å². The largest absolute Gasteiger partial charge is 0.396 e. The van der Waals surface area contributed by atoms with Crippen LogP contribution in [0.2, 0.25) is 0 Å². The number of benzene rings is 1. The number of para-hydroxylation sites is 1. The van der Waals surface area contributed by atoms with Crippen molar-refractivity contribution >= 4 is 27.2 Å². The van der Waals surface area contributed by atoms with Crippen molar-refractivity contribution in [3.63, 3.8) is 0 Å². The fourth-order valence-corrected chi connectivity index (χ4v) is 3.89. The van der Waals surface area contributed by atoms with Crippen LogP contribution in [-0.4, -0.2) is 18.9 Å². The average Bonchev–Trinajstić information content (AvgIpc) is 2.74. The van der Waals surface area contributed by atoms with Crippen molar-refractivity contribution in [1.29, 1.82) is 0 Å². The Morgan fingerprint density at radius 2 is 1.94 bits per heavy atom. The molecule has 0 saturated carbocycles. The van der Waals surface area contributed by atoms with E-state index in [2.05, 4.69) is 0 Å². The Bertz CT molecular complexity index is 719. The summed E-state index contributed by atoms with van der Waals surface area (Å²) in [5.74, 6) is 0.524. The van der Waals surface area contributed by atoms with Crippen LogP contribution in [0.15, 0.2) is 41.4 Å². The molecular weight excluding hydrogens is 250 g/mol. The summed E-state index contributed by atoms with van der Waals surface area (Å²) in [7, 11) is -3.53. The van der Waals surface area contributed by atoms with Crippen LogP contribution in [0.1, 0.15) is 6.92 Å². The summed E-state index contributed by atoms with van der Waals surface area (Å²) in [4.78, 5) is 2.22. The number of hydrogen-bond donors (Lipinski definition) is 1. The van der Waals surface area contributed by atoms with E-state index >= 15 is 0 Å². The molecule has 1 aliphatic heterocycles. The molecule has 18 heavy (non-hydrogen) atoms. The second kappa shape index (κ2) is 3.52. The van der Waals surface area contributed by atoms with E-state index in [1.165, 1.54) is 10.2 Å². The zero-order valence-electron chi connectivity index (χ0n) is 9.87. The zero-order valence-corrected chi connectivity index (χ0v) is 10.7. The molecule has 0 fully saturated rings. The molecule has 0 spiro atoms. The lowest BCUT2D eigenvalue weighted by Crippen LogP contribution is -2.30. The summed E-state index contributed by atoms with van der Waals surface area (Å²) in [5, 5.41) is 0. The van der Waals surface area contributed by atoms with Gasteiger partial charge in [0.05, 0.1) is 11.4 Å². The summed E-state index contributed by atoms with van der Waals surface area (Å²) >= 11 is 0. The Kier molecular flexibility index (Phi) is 2.18. The highest BCUT2D eigenvalue weighted by molar-refractivity contribution is 7.90. The Morgan fingerprint density at radius 3 is 2.67 bits per heavy atom. The number of nitrogen functional groups attached to an aromatic ring is 1. The summed E-state index contributed by atoms with van der Waals surface area (Å²) < 4.78 is 26.1. The van der Waals surface area contributed by atoms with Gasteiger partial charge >= 0.3 is 0 Å². The molecular formula is C12H13N3O2S. The molecule has 3 rings (SSSR count). The predicted octanol–water partition coefficient (Wildman–Crippen LogP) is 1.78. The van der Waals surface area contributed by atoms with Crippen molar-refractivity contribution in [2.45, 2.75) is 11.8 Å². The number of fused-ring (bicyclic) bond motifs is 2. The zero-order chi connectivity index (χ0) is 12.9. The molecule has 0 saturated heterocycles. The lowest BCUT2D eigenvalue weighted by atomic mass is 10.2. The maximum absolute atomic E-state index is 12.5. The lowest BCUT2D eigenvalue weighted by Gasteiger charge is -2.31. The van der Waals surface area contributed by atoms with Crippen LogP contribution < -0.4 is 10.6 Å². The molecule has 0 bridgehead atoms. The quantitative estimate of drug-likeness (QED) is 0.851. The summed E-state index contributed by atoms with van der Waals surface area (Å²) in [5.41, 5.74) is 7.02. The third kappa shape index (κ3) is 1.23. The first kappa shape index (κ1) is 11.2. The van der Waals surface area contributed by atoms with Crippen LogP contribution in [-0.2, 0) is 10.0 Å². The molecule has 1 aromatic heterocycles. The number of nitrogens with zero attached hydrogens (tertiary/aromatic N) is 2. The van der Waals surface area contributed by atoms with Crippen molar-refractivity contribution in [1.82, 2.24) is 3.97 Å². The Morgan fingerprint density at radius 1 is 1.22 bits per heavy atom. The van der Waals surface area contributed by atoms with Crippen molar-refractivity contribution in [2.24, 2.45) is 0 Å². The first-order chi connectivity index (χ1) is 8.57. The van der Waals surface area contributed by atoms with Gasteiger partial charge in [0.1, 0.15) is 4.90 Å². The van der Waals surface area contributed by atoms with E-state index < -0.39 is 10.0 Å². The molecule has 2 N–H and O–H groups in total. The average molecular weight is 263 g/mol. The molecule has 0 amide bonds. The molecule has 0 unspecified atom stereocenters. The minimum atomic E-state index is -3.53. The van der Waals surface area contributed by atoms with Gasteiger partial charge in [-0.2, -0.15) is 0 Å². The van der Waals surface area contributed by atoms with E-state index in [-0.39, 0.29) is 0 Å². The van der Waals surface area contributed by atoms with Gasteiger partial charge in [-0.25, -0.2) is 12.4 Å². The molecule has 0 radical (unpaired) electrons. The number of anilines is 3. The fraction of sp³-hybridized carbons (Fsp3) is 0.167. The molecule has 0 aliphatic carbocycles. The van der Waals surface area contributed by atoms with Crippen molar-refractivity contribution in [2.75, 3.05) is 17.2 Å². The number of aromatic nitrogens is 1. The van der Waals surface area contributed by atoms with E-state index in [0.717, 1.165) is 0 Å². The van der Waals surface area contributed by atoms with Gasteiger partial charge in [-0.1, -0.05) is 12.1 Å². The van der Waals surface area contributed by atoms with E-state index in [4.69, 9.17) is 5.73 Å². The molecule has 94 valence electrons. The van der Waals surface area contributed by atoms with Crippen LogP contribution >= 0.6 is 0 Å². The first-order valence-electron chi connectivity index (χ1n) is 5.66. The van der Waals surface area contributed by atoms with Crippen molar-refractivity contribution in [3.05, 3.63) is 36.5 Å². The van der Waals surface area contributed by atoms with Gasteiger partial charge in [0.15, 0.2) is 5.82 Å². The van der Waals surface area contributed by atoms with Gasteiger partial charge in [-0.3, -0.25) is 0 Å². The molecule has 6 heteroatoms. The molecule has 2 heterocycles. The molecule has 1 aliphatic rings. The van der Waals surface area contributed by atoms with E-state index in [9.17, 15) is 8.42 Å². The molecule has 0 atom stereocenters. The van der Waals surface area contributed by atoms with Crippen LogP contribution in [0.3, 0.4) is 0 Å².